The lowest BCUT2D eigenvalue weighted by Crippen LogP contribution is -1.98. The van der Waals surface area contributed by atoms with Crippen LogP contribution in [0.3, 0.4) is 0 Å². The smallest absolute Gasteiger partial charge is 0.145 e. The fourth-order valence-electron chi connectivity index (χ4n) is 0.672. The molecule has 0 saturated heterocycles. The Balaban J connectivity index is 2.66. The van der Waals surface area contributed by atoms with E-state index in [1.807, 2.05) is 19.1 Å². The van der Waals surface area contributed by atoms with Crippen molar-refractivity contribution in [2.24, 2.45) is 0 Å². The Kier molecular flexibility index (Phi) is 3.60. The molecule has 0 aliphatic carbocycles. The Hall–Kier alpha value is -1.03. The molecule has 0 bridgehead atoms. The van der Waals surface area contributed by atoms with Crippen LogP contribution in [0.1, 0.15) is 6.92 Å². The van der Waals surface area contributed by atoms with Crippen molar-refractivity contribution in [2.75, 3.05) is 5.75 Å². The molecule has 0 amide bonds. The highest BCUT2D eigenvalue weighted by atomic mass is 32.2. The molecule has 0 aromatic carbocycles. The Morgan fingerprint density at radius 2 is 2.42 bits per heavy atom. The third-order valence-corrected chi connectivity index (χ3v) is 2.43. The molecule has 0 N–H and O–H groups in total. The van der Waals surface area contributed by atoms with Gasteiger partial charge < -0.3 is 0 Å². The lowest BCUT2D eigenvalue weighted by Gasteiger charge is -1.94. The van der Waals surface area contributed by atoms with Gasteiger partial charge in [0, 0.05) is 18.1 Å². The van der Waals surface area contributed by atoms with Crippen LogP contribution in [0.25, 0.3) is 0 Å². The maximum atomic E-state index is 11.4. The van der Waals surface area contributed by atoms with E-state index in [1.165, 1.54) is 6.20 Å². The standard InChI is InChI=1S/C8H10N2OS/c1-2-3-6-12(11)8-7-9-4-5-10-8/h2-5,7H,6H2,1H3/b3-2+. The molecular weight excluding hydrogens is 172 g/mol. The van der Waals surface area contributed by atoms with E-state index in [9.17, 15) is 4.21 Å². The van der Waals surface area contributed by atoms with Crippen LogP contribution in [0.2, 0.25) is 0 Å². The molecule has 64 valence electrons. The lowest BCUT2D eigenvalue weighted by atomic mass is 10.6. The summed E-state index contributed by atoms with van der Waals surface area (Å²) in [6.45, 7) is 1.90. The summed E-state index contributed by atoms with van der Waals surface area (Å²) < 4.78 is 11.4. The summed E-state index contributed by atoms with van der Waals surface area (Å²) in [5.74, 6) is 0.509. The molecule has 1 unspecified atom stereocenters. The number of nitrogens with zero attached hydrogens (tertiary/aromatic N) is 2. The van der Waals surface area contributed by atoms with Gasteiger partial charge in [-0.25, -0.2) is 4.98 Å². The first-order chi connectivity index (χ1) is 5.84. The molecule has 1 aromatic rings. The largest absolute Gasteiger partial charge is 0.260 e. The Labute approximate surface area is 74.0 Å². The number of allylic oxidation sites excluding steroid dienone is 1. The van der Waals surface area contributed by atoms with Gasteiger partial charge in [0.1, 0.15) is 5.03 Å². The maximum absolute atomic E-state index is 11.4. The number of hydrogen-bond donors (Lipinski definition) is 0. The normalized spacial score (nSPS) is 13.4. The Morgan fingerprint density at radius 1 is 1.58 bits per heavy atom. The molecule has 12 heavy (non-hydrogen) atoms. The zero-order chi connectivity index (χ0) is 8.81. The van der Waals surface area contributed by atoms with Gasteiger partial charge in [-0.2, -0.15) is 0 Å². The first kappa shape index (κ1) is 9.06. The highest BCUT2D eigenvalue weighted by molar-refractivity contribution is 7.85. The molecule has 0 fully saturated rings. The highest BCUT2D eigenvalue weighted by Gasteiger charge is 2.00. The minimum atomic E-state index is -1.04. The van der Waals surface area contributed by atoms with E-state index in [1.54, 1.807) is 12.4 Å². The van der Waals surface area contributed by atoms with Gasteiger partial charge >= 0.3 is 0 Å². The molecule has 3 nitrogen and oxygen atoms in total. The number of rotatable bonds is 3. The van der Waals surface area contributed by atoms with Crippen LogP contribution >= 0.6 is 0 Å². The maximum Gasteiger partial charge on any atom is 0.145 e. The van der Waals surface area contributed by atoms with Gasteiger partial charge in [0.25, 0.3) is 0 Å². The van der Waals surface area contributed by atoms with E-state index in [2.05, 4.69) is 9.97 Å². The van der Waals surface area contributed by atoms with Gasteiger partial charge in [-0.05, 0) is 6.92 Å². The first-order valence-corrected chi connectivity index (χ1v) is 4.92. The van der Waals surface area contributed by atoms with Crippen molar-refractivity contribution < 1.29 is 4.21 Å². The second-order valence-electron chi connectivity index (χ2n) is 2.12. The molecule has 0 spiro atoms. The summed E-state index contributed by atoms with van der Waals surface area (Å²) in [6, 6.07) is 0. The third kappa shape index (κ3) is 2.54. The minimum absolute atomic E-state index is 0.509. The second-order valence-corrected chi connectivity index (χ2v) is 3.57. The average molecular weight is 182 g/mol. The van der Waals surface area contributed by atoms with E-state index < -0.39 is 10.8 Å². The molecule has 0 saturated carbocycles. The molecule has 0 aliphatic rings. The van der Waals surface area contributed by atoms with Gasteiger partial charge in [0.05, 0.1) is 17.0 Å². The zero-order valence-electron chi connectivity index (χ0n) is 6.80. The molecule has 1 rings (SSSR count). The topological polar surface area (TPSA) is 42.9 Å². The number of hydrogen-bond acceptors (Lipinski definition) is 3. The van der Waals surface area contributed by atoms with Gasteiger partial charge in [-0.15, -0.1) is 0 Å². The van der Waals surface area contributed by atoms with Crippen LogP contribution < -0.4 is 0 Å². The van der Waals surface area contributed by atoms with Crippen molar-refractivity contribution in [1.82, 2.24) is 9.97 Å². The molecule has 0 aliphatic heterocycles. The zero-order valence-corrected chi connectivity index (χ0v) is 7.62. The molecular formula is C8H10N2OS. The molecule has 4 heteroatoms. The van der Waals surface area contributed by atoms with Crippen molar-refractivity contribution in [1.29, 1.82) is 0 Å². The quantitative estimate of drug-likeness (QED) is 0.659. The van der Waals surface area contributed by atoms with Gasteiger partial charge in [0.15, 0.2) is 0 Å². The molecule has 0 radical (unpaired) electrons. The molecule has 1 atom stereocenters. The molecule has 1 heterocycles. The van der Waals surface area contributed by atoms with Crippen LogP contribution in [0.5, 0.6) is 0 Å². The van der Waals surface area contributed by atoms with Crippen molar-refractivity contribution in [3.05, 3.63) is 30.7 Å². The van der Waals surface area contributed by atoms with Crippen LogP contribution in [0.4, 0.5) is 0 Å². The molecule has 1 aromatic heterocycles. The van der Waals surface area contributed by atoms with Crippen molar-refractivity contribution in [3.8, 4) is 0 Å². The van der Waals surface area contributed by atoms with Crippen molar-refractivity contribution >= 4 is 10.8 Å². The minimum Gasteiger partial charge on any atom is -0.260 e. The average Bonchev–Trinajstić information content (AvgIpc) is 2.15. The van der Waals surface area contributed by atoms with E-state index in [4.69, 9.17) is 0 Å². The van der Waals surface area contributed by atoms with E-state index in [-0.39, 0.29) is 0 Å². The van der Waals surface area contributed by atoms with E-state index in [0.717, 1.165) is 0 Å². The number of aromatic nitrogens is 2. The predicted molar refractivity (Wildman–Crippen MR) is 48.1 cm³/mol. The SMILES string of the molecule is C/C=C/CS(=O)c1cnccn1. The summed E-state index contributed by atoms with van der Waals surface area (Å²) in [5.41, 5.74) is 0. The summed E-state index contributed by atoms with van der Waals surface area (Å²) in [5, 5.41) is 0.538. The highest BCUT2D eigenvalue weighted by Crippen LogP contribution is 1.98. The Bertz CT molecular complexity index is 284. The van der Waals surface area contributed by atoms with Crippen molar-refractivity contribution in [2.45, 2.75) is 11.9 Å². The van der Waals surface area contributed by atoms with Crippen LogP contribution in [0, 0.1) is 0 Å². The van der Waals surface area contributed by atoms with Gasteiger partial charge in [-0.1, -0.05) is 12.2 Å². The van der Waals surface area contributed by atoms with Gasteiger partial charge in [-0.3, -0.25) is 9.19 Å². The van der Waals surface area contributed by atoms with E-state index >= 15 is 0 Å². The fraction of sp³-hybridized carbons (Fsp3) is 0.250. The first-order valence-electron chi connectivity index (χ1n) is 3.60. The van der Waals surface area contributed by atoms with Crippen LogP contribution in [0.15, 0.2) is 35.8 Å². The Morgan fingerprint density at radius 3 is 3.00 bits per heavy atom. The summed E-state index contributed by atoms with van der Waals surface area (Å²) in [6.07, 6.45) is 8.36. The van der Waals surface area contributed by atoms with Gasteiger partial charge in [0.2, 0.25) is 0 Å². The third-order valence-electron chi connectivity index (χ3n) is 1.26. The lowest BCUT2D eigenvalue weighted by molar-refractivity contribution is 0.681. The monoisotopic (exact) mass is 182 g/mol. The summed E-state index contributed by atoms with van der Waals surface area (Å²) in [7, 11) is -1.04. The fourth-order valence-corrected chi connectivity index (χ4v) is 1.57. The summed E-state index contributed by atoms with van der Waals surface area (Å²) in [4.78, 5) is 7.77. The summed E-state index contributed by atoms with van der Waals surface area (Å²) >= 11 is 0. The van der Waals surface area contributed by atoms with Crippen LogP contribution in [-0.4, -0.2) is 19.9 Å². The van der Waals surface area contributed by atoms with Crippen molar-refractivity contribution in [3.63, 3.8) is 0 Å². The predicted octanol–water partition coefficient (Wildman–Crippen LogP) is 1.16. The van der Waals surface area contributed by atoms with Crippen LogP contribution in [-0.2, 0) is 10.8 Å². The second kappa shape index (κ2) is 4.77. The van der Waals surface area contributed by atoms with E-state index in [0.29, 0.717) is 10.8 Å².